The van der Waals surface area contributed by atoms with E-state index in [2.05, 4.69) is 10.1 Å². The van der Waals surface area contributed by atoms with E-state index in [9.17, 15) is 13.2 Å². The molecule has 0 saturated carbocycles. The second kappa shape index (κ2) is 8.60. The molecule has 32 heavy (non-hydrogen) atoms. The molecule has 0 N–H and O–H groups in total. The molecule has 0 amide bonds. The lowest BCUT2D eigenvalue weighted by atomic mass is 10.3. The summed E-state index contributed by atoms with van der Waals surface area (Å²) in [6.45, 7) is 2.85. The van der Waals surface area contributed by atoms with Crippen molar-refractivity contribution in [3.63, 3.8) is 0 Å². The highest BCUT2D eigenvalue weighted by molar-refractivity contribution is 7.89. The number of aryl methyl sites for hydroxylation is 1. The van der Waals surface area contributed by atoms with Crippen LogP contribution in [0.1, 0.15) is 29.1 Å². The minimum atomic E-state index is -3.58. The Kier molecular flexibility index (Phi) is 5.85. The molecule has 168 valence electrons. The average Bonchev–Trinajstić information content (AvgIpc) is 3.51. The van der Waals surface area contributed by atoms with E-state index in [1.807, 2.05) is 11.5 Å². The zero-order chi connectivity index (χ0) is 22.9. The molecule has 10 nitrogen and oxygen atoms in total. The van der Waals surface area contributed by atoms with E-state index in [-0.39, 0.29) is 17.3 Å². The Bertz CT molecular complexity index is 1350. The summed E-state index contributed by atoms with van der Waals surface area (Å²) in [6, 6.07) is 9.84. The second-order valence-electron chi connectivity index (χ2n) is 7.26. The molecule has 3 heterocycles. The van der Waals surface area contributed by atoms with Gasteiger partial charge in [-0.15, -0.1) is 0 Å². The Hall–Kier alpha value is -3.44. The highest BCUT2D eigenvalue weighted by Crippen LogP contribution is 2.23. The van der Waals surface area contributed by atoms with E-state index in [4.69, 9.17) is 9.15 Å². The van der Waals surface area contributed by atoms with Gasteiger partial charge >= 0.3 is 5.97 Å². The summed E-state index contributed by atoms with van der Waals surface area (Å²) in [5, 5.41) is 4.10. The van der Waals surface area contributed by atoms with Crippen LogP contribution in [0.5, 0.6) is 0 Å². The number of nitrogens with zero attached hydrogens (tertiary/aromatic N) is 5. The summed E-state index contributed by atoms with van der Waals surface area (Å²) in [5.41, 5.74) is 1.27. The fourth-order valence-corrected chi connectivity index (χ4v) is 4.24. The zero-order valence-electron chi connectivity index (χ0n) is 17.9. The van der Waals surface area contributed by atoms with Crippen LogP contribution in [-0.2, 0) is 34.5 Å². The summed E-state index contributed by atoms with van der Waals surface area (Å²) in [7, 11) is -0.624. The van der Waals surface area contributed by atoms with Gasteiger partial charge in [-0.25, -0.2) is 22.5 Å². The minimum Gasteiger partial charge on any atom is -0.452 e. The van der Waals surface area contributed by atoms with Crippen LogP contribution in [0, 0.1) is 0 Å². The first kappa shape index (κ1) is 21.8. The first-order chi connectivity index (χ1) is 15.3. The van der Waals surface area contributed by atoms with Crippen molar-refractivity contribution >= 4 is 27.0 Å². The Morgan fingerprint density at radius 1 is 1.22 bits per heavy atom. The van der Waals surface area contributed by atoms with E-state index < -0.39 is 16.0 Å². The Balaban J connectivity index is 1.51. The second-order valence-corrected chi connectivity index (χ2v) is 9.41. The van der Waals surface area contributed by atoms with Gasteiger partial charge in [0.25, 0.3) is 0 Å². The van der Waals surface area contributed by atoms with Crippen LogP contribution in [0.3, 0.4) is 0 Å². The van der Waals surface area contributed by atoms with Crippen LogP contribution < -0.4 is 0 Å². The van der Waals surface area contributed by atoms with Crippen molar-refractivity contribution in [1.29, 1.82) is 0 Å². The zero-order valence-corrected chi connectivity index (χ0v) is 18.7. The van der Waals surface area contributed by atoms with Gasteiger partial charge < -0.3 is 13.7 Å². The van der Waals surface area contributed by atoms with Crippen LogP contribution in [0.15, 0.2) is 58.1 Å². The molecule has 0 fully saturated rings. The maximum Gasteiger partial charge on any atom is 0.374 e. The third kappa shape index (κ3) is 4.16. The number of hydrogen-bond acceptors (Lipinski definition) is 7. The van der Waals surface area contributed by atoms with Crippen LogP contribution in [0.4, 0.5) is 0 Å². The molecule has 0 atom stereocenters. The number of hydrogen-bond donors (Lipinski definition) is 0. The van der Waals surface area contributed by atoms with Crippen molar-refractivity contribution in [1.82, 2.24) is 23.6 Å². The van der Waals surface area contributed by atoms with Gasteiger partial charge in [-0.3, -0.25) is 4.68 Å². The van der Waals surface area contributed by atoms with Gasteiger partial charge in [-0.2, -0.15) is 5.10 Å². The summed E-state index contributed by atoms with van der Waals surface area (Å²) >= 11 is 0. The Morgan fingerprint density at radius 2 is 2.03 bits per heavy atom. The smallest absolute Gasteiger partial charge is 0.374 e. The number of aromatic nitrogens is 4. The van der Waals surface area contributed by atoms with Crippen molar-refractivity contribution in [2.24, 2.45) is 0 Å². The molecule has 11 heteroatoms. The summed E-state index contributed by atoms with van der Waals surface area (Å²) in [6.07, 6.45) is 3.46. The number of esters is 1. The van der Waals surface area contributed by atoms with Crippen molar-refractivity contribution in [2.75, 3.05) is 14.1 Å². The molecule has 0 unspecified atom stereocenters. The van der Waals surface area contributed by atoms with Gasteiger partial charge in [0.15, 0.2) is 0 Å². The summed E-state index contributed by atoms with van der Waals surface area (Å²) < 4.78 is 40.5. The van der Waals surface area contributed by atoms with E-state index in [0.717, 1.165) is 9.82 Å². The minimum absolute atomic E-state index is 0.0771. The van der Waals surface area contributed by atoms with Gasteiger partial charge in [0.05, 0.1) is 22.5 Å². The predicted molar refractivity (Wildman–Crippen MR) is 115 cm³/mol. The Morgan fingerprint density at radius 3 is 2.72 bits per heavy atom. The maximum absolute atomic E-state index is 12.4. The van der Waals surface area contributed by atoms with E-state index in [1.54, 1.807) is 47.4 Å². The molecule has 1 aromatic carbocycles. The first-order valence-electron chi connectivity index (χ1n) is 9.94. The van der Waals surface area contributed by atoms with Crippen molar-refractivity contribution < 1.29 is 22.4 Å². The van der Waals surface area contributed by atoms with E-state index in [0.29, 0.717) is 30.2 Å². The number of benzene rings is 1. The largest absolute Gasteiger partial charge is 0.452 e. The molecule has 0 aliphatic rings. The number of ether oxygens (including phenoxy) is 1. The highest BCUT2D eigenvalue weighted by atomic mass is 32.2. The molecule has 0 spiro atoms. The molecule has 0 aliphatic carbocycles. The van der Waals surface area contributed by atoms with E-state index in [1.165, 1.54) is 20.2 Å². The summed E-state index contributed by atoms with van der Waals surface area (Å²) in [4.78, 5) is 17.1. The lowest BCUT2D eigenvalue weighted by molar-refractivity contribution is 0.0420. The van der Waals surface area contributed by atoms with Crippen LogP contribution >= 0.6 is 0 Å². The van der Waals surface area contributed by atoms with Gasteiger partial charge in [0.2, 0.25) is 15.8 Å². The molecular formula is C21H23N5O5S. The first-order valence-corrected chi connectivity index (χ1v) is 11.4. The quantitative estimate of drug-likeness (QED) is 0.374. The number of furan rings is 1. The van der Waals surface area contributed by atoms with Gasteiger partial charge in [-0.1, -0.05) is 0 Å². The predicted octanol–water partition coefficient (Wildman–Crippen LogP) is 2.50. The lowest BCUT2D eigenvalue weighted by Crippen LogP contribution is -2.22. The Labute approximate surface area is 185 Å². The van der Waals surface area contributed by atoms with Crippen LogP contribution in [0.25, 0.3) is 11.0 Å². The topological polar surface area (TPSA) is 112 Å². The number of imidazole rings is 1. The van der Waals surface area contributed by atoms with Crippen LogP contribution in [0.2, 0.25) is 0 Å². The number of rotatable bonds is 8. The SMILES string of the molecule is CCn1c(COC(=O)c2ccc(Cn3cccn3)o2)nc2cc(S(=O)(=O)N(C)C)ccc21. The van der Waals surface area contributed by atoms with E-state index >= 15 is 0 Å². The van der Waals surface area contributed by atoms with Crippen molar-refractivity contribution in [3.8, 4) is 0 Å². The van der Waals surface area contributed by atoms with Crippen molar-refractivity contribution in [2.45, 2.75) is 31.5 Å². The molecule has 4 rings (SSSR count). The molecule has 4 aromatic rings. The molecule has 0 bridgehead atoms. The fraction of sp³-hybridized carbons (Fsp3) is 0.286. The monoisotopic (exact) mass is 457 g/mol. The van der Waals surface area contributed by atoms with Gasteiger partial charge in [0, 0.05) is 33.0 Å². The number of fused-ring (bicyclic) bond motifs is 1. The highest BCUT2D eigenvalue weighted by Gasteiger charge is 2.20. The number of carbonyl (C=O) groups is 1. The standard InChI is InChI=1S/C21H23N5O5S/c1-4-26-18-8-7-16(32(28,29)24(2)3)12-17(18)23-20(26)14-30-21(27)19-9-6-15(31-19)13-25-11-5-10-22-25/h5-12H,4,13-14H2,1-3H3. The molecule has 3 aromatic heterocycles. The summed E-state index contributed by atoms with van der Waals surface area (Å²) in [5.74, 6) is 0.572. The fourth-order valence-electron chi connectivity index (χ4n) is 3.32. The third-order valence-electron chi connectivity index (χ3n) is 4.97. The van der Waals surface area contributed by atoms with Gasteiger partial charge in [0.1, 0.15) is 18.2 Å². The molecule has 0 radical (unpaired) electrons. The number of carbonyl (C=O) groups excluding carboxylic acids is 1. The molecular weight excluding hydrogens is 434 g/mol. The maximum atomic E-state index is 12.4. The molecule has 0 aliphatic heterocycles. The number of sulfonamides is 1. The lowest BCUT2D eigenvalue weighted by Gasteiger charge is -2.11. The molecule has 0 saturated heterocycles. The van der Waals surface area contributed by atoms with Gasteiger partial charge in [-0.05, 0) is 43.3 Å². The normalized spacial score (nSPS) is 12.0. The van der Waals surface area contributed by atoms with Crippen molar-refractivity contribution in [3.05, 3.63) is 66.1 Å². The average molecular weight is 458 g/mol. The third-order valence-corrected chi connectivity index (χ3v) is 6.78. The van der Waals surface area contributed by atoms with Crippen LogP contribution in [-0.4, -0.2) is 52.1 Å².